The number of aryl methyl sites for hydroxylation is 2. The molecule has 0 unspecified atom stereocenters. The van der Waals surface area contributed by atoms with E-state index in [0.717, 1.165) is 18.5 Å². The fourth-order valence-corrected chi connectivity index (χ4v) is 2.23. The van der Waals surface area contributed by atoms with Crippen LogP contribution in [0.15, 0.2) is 0 Å². The summed E-state index contributed by atoms with van der Waals surface area (Å²) in [4.78, 5) is 4.26. The molecule has 0 aliphatic carbocycles. The Morgan fingerprint density at radius 1 is 1.33 bits per heavy atom. The summed E-state index contributed by atoms with van der Waals surface area (Å²) in [6, 6.07) is 0. The van der Waals surface area contributed by atoms with Crippen molar-refractivity contribution in [3.8, 4) is 0 Å². The van der Waals surface area contributed by atoms with Gasteiger partial charge in [0, 0.05) is 7.05 Å². The minimum atomic E-state index is -4.32. The van der Waals surface area contributed by atoms with Gasteiger partial charge in [0.25, 0.3) is 0 Å². The van der Waals surface area contributed by atoms with Crippen molar-refractivity contribution >= 4 is 17.1 Å². The molecule has 9 heteroatoms. The molecule has 21 heavy (non-hydrogen) atoms. The van der Waals surface area contributed by atoms with Gasteiger partial charge in [0.05, 0.1) is 18.8 Å². The maximum atomic E-state index is 12.0. The van der Waals surface area contributed by atoms with Crippen LogP contribution < -0.4 is 5.73 Å². The zero-order valence-corrected chi connectivity index (χ0v) is 11.9. The second kappa shape index (κ2) is 5.92. The van der Waals surface area contributed by atoms with Gasteiger partial charge in [0.1, 0.15) is 12.1 Å². The van der Waals surface area contributed by atoms with Gasteiger partial charge in [-0.15, -0.1) is 0 Å². The summed E-state index contributed by atoms with van der Waals surface area (Å²) in [6.07, 6.45) is -2.62. The Labute approximate surface area is 119 Å². The fourth-order valence-electron chi connectivity index (χ4n) is 2.23. The molecule has 0 spiro atoms. The van der Waals surface area contributed by atoms with E-state index in [1.54, 1.807) is 16.3 Å². The Hall–Kier alpha value is -1.77. The molecule has 0 saturated heterocycles. The molecule has 2 N–H and O–H groups in total. The molecule has 0 aliphatic rings. The summed E-state index contributed by atoms with van der Waals surface area (Å²) < 4.78 is 43.9. The largest absolute Gasteiger partial charge is 0.411 e. The second-order valence-corrected chi connectivity index (χ2v) is 4.78. The second-order valence-electron chi connectivity index (χ2n) is 4.78. The summed E-state index contributed by atoms with van der Waals surface area (Å²) in [7, 11) is 1.76. The number of hydrogen-bond donors (Lipinski definition) is 1. The Bertz CT molecular complexity index is 616. The van der Waals surface area contributed by atoms with Gasteiger partial charge >= 0.3 is 6.18 Å². The first-order chi connectivity index (χ1) is 9.83. The average molecular weight is 305 g/mol. The molecule has 0 atom stereocenters. The lowest BCUT2D eigenvalue weighted by Gasteiger charge is -2.09. The van der Waals surface area contributed by atoms with E-state index >= 15 is 0 Å². The van der Waals surface area contributed by atoms with Gasteiger partial charge in [0.2, 0.25) is 5.95 Å². The number of alkyl halides is 3. The Morgan fingerprint density at radius 3 is 2.67 bits per heavy atom. The molecular formula is C12H18F3N5O. The van der Waals surface area contributed by atoms with Gasteiger partial charge in [0.15, 0.2) is 5.65 Å². The number of aromatic nitrogens is 4. The highest BCUT2D eigenvalue weighted by Crippen LogP contribution is 2.22. The number of imidazole rings is 1. The molecule has 2 aromatic heterocycles. The molecule has 6 nitrogen and oxygen atoms in total. The number of nitrogens with zero attached hydrogens (tertiary/aromatic N) is 4. The molecule has 2 heterocycles. The molecule has 0 radical (unpaired) electrons. The SMILES string of the molecule is CCCc1nn(C)c2c1nc(N)n2CCOCC(F)(F)F. The molecule has 0 saturated carbocycles. The van der Waals surface area contributed by atoms with E-state index in [4.69, 9.17) is 5.73 Å². The predicted molar refractivity (Wildman–Crippen MR) is 71.8 cm³/mol. The van der Waals surface area contributed by atoms with Crippen molar-refractivity contribution in [1.82, 2.24) is 19.3 Å². The van der Waals surface area contributed by atoms with Crippen LogP contribution in [-0.4, -0.2) is 38.7 Å². The molecule has 0 aromatic carbocycles. The lowest BCUT2D eigenvalue weighted by atomic mass is 10.2. The van der Waals surface area contributed by atoms with Crippen LogP contribution in [0.2, 0.25) is 0 Å². The number of ether oxygens (including phenoxy) is 1. The summed E-state index contributed by atoms with van der Waals surface area (Å²) in [5.74, 6) is 0.256. The van der Waals surface area contributed by atoms with Gasteiger partial charge in [-0.3, -0.25) is 9.25 Å². The van der Waals surface area contributed by atoms with E-state index in [9.17, 15) is 13.2 Å². The number of halogens is 3. The number of rotatable bonds is 6. The molecule has 118 valence electrons. The van der Waals surface area contributed by atoms with E-state index in [1.807, 2.05) is 6.92 Å². The van der Waals surface area contributed by atoms with E-state index < -0.39 is 12.8 Å². The number of anilines is 1. The van der Waals surface area contributed by atoms with E-state index in [2.05, 4.69) is 14.8 Å². The van der Waals surface area contributed by atoms with Crippen molar-refractivity contribution in [3.05, 3.63) is 5.69 Å². The number of nitrogen functional groups attached to an aromatic ring is 1. The van der Waals surface area contributed by atoms with Crippen LogP contribution in [0.4, 0.5) is 19.1 Å². The maximum Gasteiger partial charge on any atom is 0.411 e. The molecule has 0 bridgehead atoms. The Balaban J connectivity index is 2.14. The van der Waals surface area contributed by atoms with E-state index in [1.165, 1.54) is 0 Å². The van der Waals surface area contributed by atoms with Crippen molar-refractivity contribution in [2.75, 3.05) is 18.9 Å². The third kappa shape index (κ3) is 3.46. The molecule has 0 fully saturated rings. The minimum Gasteiger partial charge on any atom is -0.370 e. The quantitative estimate of drug-likeness (QED) is 0.827. The minimum absolute atomic E-state index is 0.0938. The first-order valence-corrected chi connectivity index (χ1v) is 6.65. The van der Waals surface area contributed by atoms with Gasteiger partial charge in [-0.25, -0.2) is 4.98 Å². The fraction of sp³-hybridized carbons (Fsp3) is 0.667. The normalized spacial score (nSPS) is 12.4. The maximum absolute atomic E-state index is 12.0. The lowest BCUT2D eigenvalue weighted by molar-refractivity contribution is -0.174. The number of nitrogens with two attached hydrogens (primary N) is 1. The number of fused-ring (bicyclic) bond motifs is 1. The Kier molecular flexibility index (Phi) is 4.40. The highest BCUT2D eigenvalue weighted by molar-refractivity contribution is 5.77. The third-order valence-electron chi connectivity index (χ3n) is 3.03. The van der Waals surface area contributed by atoms with Crippen molar-refractivity contribution in [2.45, 2.75) is 32.5 Å². The predicted octanol–water partition coefficient (Wildman–Crippen LogP) is 1.88. The monoisotopic (exact) mass is 305 g/mol. The van der Waals surface area contributed by atoms with Crippen molar-refractivity contribution in [1.29, 1.82) is 0 Å². The number of hydrogen-bond acceptors (Lipinski definition) is 4. The van der Waals surface area contributed by atoms with Crippen LogP contribution in [0, 0.1) is 0 Å². The zero-order chi connectivity index (χ0) is 15.6. The van der Waals surface area contributed by atoms with Crippen LogP contribution in [0.3, 0.4) is 0 Å². The van der Waals surface area contributed by atoms with Gasteiger partial charge < -0.3 is 10.5 Å². The van der Waals surface area contributed by atoms with E-state index in [-0.39, 0.29) is 19.1 Å². The van der Waals surface area contributed by atoms with Crippen LogP contribution >= 0.6 is 0 Å². The topological polar surface area (TPSA) is 70.9 Å². The van der Waals surface area contributed by atoms with Gasteiger partial charge in [-0.2, -0.15) is 18.3 Å². The highest BCUT2D eigenvalue weighted by Gasteiger charge is 2.27. The van der Waals surface area contributed by atoms with Crippen molar-refractivity contribution in [2.24, 2.45) is 7.05 Å². The average Bonchev–Trinajstić information content (AvgIpc) is 2.84. The van der Waals surface area contributed by atoms with Gasteiger partial charge in [-0.05, 0) is 6.42 Å². The van der Waals surface area contributed by atoms with Crippen LogP contribution in [0.5, 0.6) is 0 Å². The van der Waals surface area contributed by atoms with E-state index in [0.29, 0.717) is 11.2 Å². The smallest absolute Gasteiger partial charge is 0.370 e. The van der Waals surface area contributed by atoms with Crippen LogP contribution in [0.25, 0.3) is 11.2 Å². The lowest BCUT2D eigenvalue weighted by Crippen LogP contribution is -2.19. The molecule has 2 rings (SSSR count). The van der Waals surface area contributed by atoms with Crippen LogP contribution in [0.1, 0.15) is 19.0 Å². The third-order valence-corrected chi connectivity index (χ3v) is 3.03. The molecule has 0 aliphatic heterocycles. The zero-order valence-electron chi connectivity index (χ0n) is 11.9. The summed E-state index contributed by atoms with van der Waals surface area (Å²) in [5, 5.41) is 4.37. The van der Waals surface area contributed by atoms with Gasteiger partial charge in [-0.1, -0.05) is 13.3 Å². The summed E-state index contributed by atoms with van der Waals surface area (Å²) in [5.41, 5.74) is 8.08. The van der Waals surface area contributed by atoms with Crippen LogP contribution in [-0.2, 0) is 24.8 Å². The summed E-state index contributed by atoms with van der Waals surface area (Å²) >= 11 is 0. The first kappa shape index (κ1) is 15.6. The molecule has 0 amide bonds. The molecule has 2 aromatic rings. The summed E-state index contributed by atoms with van der Waals surface area (Å²) in [6.45, 7) is 0.871. The van der Waals surface area contributed by atoms with Crippen molar-refractivity contribution in [3.63, 3.8) is 0 Å². The van der Waals surface area contributed by atoms with Crippen molar-refractivity contribution < 1.29 is 17.9 Å². The standard InChI is InChI=1S/C12H18F3N5O/c1-3-4-8-9-10(19(2)18-8)20(11(16)17-9)5-6-21-7-12(13,14)15/h3-7H2,1-2H3,(H2,16,17). The highest BCUT2D eigenvalue weighted by atomic mass is 19.4. The molecular weight excluding hydrogens is 287 g/mol. The Morgan fingerprint density at radius 2 is 2.05 bits per heavy atom. The first-order valence-electron chi connectivity index (χ1n) is 6.65.